The van der Waals surface area contributed by atoms with E-state index >= 15 is 0 Å². The third-order valence-electron chi connectivity index (χ3n) is 13.3. The largest absolute Gasteiger partial charge is 0.405 e. The average molecular weight is 640 g/mol. The fourth-order valence-corrected chi connectivity index (χ4v) is 8.66. The van der Waals surface area contributed by atoms with Gasteiger partial charge < -0.3 is 33.2 Å². The lowest BCUT2D eigenvalue weighted by Gasteiger charge is -2.50. The molecule has 1 N–H and O–H groups in total. The van der Waals surface area contributed by atoms with Crippen molar-refractivity contribution < 1.29 is 33.2 Å². The first-order chi connectivity index (χ1) is 21.3. The maximum absolute atomic E-state index is 6.89. The van der Waals surface area contributed by atoms with Crippen LogP contribution >= 0.6 is 0 Å². The number of aliphatic hydroxyl groups is 2. The third kappa shape index (κ3) is 7.65. The van der Waals surface area contributed by atoms with E-state index < -0.39 is 0 Å². The van der Waals surface area contributed by atoms with Crippen molar-refractivity contribution in [1.82, 2.24) is 0 Å². The van der Waals surface area contributed by atoms with Crippen LogP contribution in [-0.4, -0.2) is 72.4 Å². The van der Waals surface area contributed by atoms with Gasteiger partial charge in [-0.2, -0.15) is 0 Å². The summed E-state index contributed by atoms with van der Waals surface area (Å²) < 4.78 is 45.9. The molecule has 20 atom stereocenters. The standard InChI is InChI=1S/C38H70O7/c1-15-29-21(7)19(5)25(11)36(40-29)44-34-23(9)27(13)38(42-31(34)17-3)45-35-24(10)26(12)37(41-32(35)18-4)43-33-22(8)20(6)28(14)39-30(33)16-2/h19-38H,15-18H2,1-14H3/p+1/t19-,20?,21+,22-,23-,24+,25?,26?,27?,28+,29?,30?,31?,32?,33-,34-,35+,36-,37-,38+/m0/s1. The molecular formula is C38H71O7+. The Morgan fingerprint density at radius 3 is 1.42 bits per heavy atom. The SMILES string of the molecule is CCC1O[C@H]([OH+][C@H]2C(CC)O[C@@H](O[C@@H]3C(CC)O[C@H](C)C(C)[C@@H]3C)C(C)[C@H]2C)C(C)[C@H](C)[C@@H]1O[C@@H]1OC(CC)[C@H](C)[C@H](C)C1C. The molecule has 4 rings (SSSR count). The summed E-state index contributed by atoms with van der Waals surface area (Å²) >= 11 is 0. The summed E-state index contributed by atoms with van der Waals surface area (Å²) in [6, 6.07) is 0. The Balaban J connectivity index is 1.43. The minimum Gasteiger partial charge on any atom is -0.405 e. The van der Waals surface area contributed by atoms with Crippen LogP contribution in [0.1, 0.15) is 123 Å². The van der Waals surface area contributed by atoms with Gasteiger partial charge in [-0.3, -0.25) is 0 Å². The Hall–Kier alpha value is -0.280. The molecule has 7 nitrogen and oxygen atoms in total. The van der Waals surface area contributed by atoms with Gasteiger partial charge in [0.15, 0.2) is 18.7 Å². The predicted octanol–water partition coefficient (Wildman–Crippen LogP) is 7.98. The van der Waals surface area contributed by atoms with Gasteiger partial charge in [0.25, 0.3) is 6.29 Å². The minimum atomic E-state index is -0.263. The van der Waals surface area contributed by atoms with Gasteiger partial charge >= 0.3 is 0 Å². The van der Waals surface area contributed by atoms with Crippen LogP contribution in [0.25, 0.3) is 0 Å². The highest BCUT2D eigenvalue weighted by molar-refractivity contribution is 4.93. The second-order valence-corrected chi connectivity index (χ2v) is 15.7. The van der Waals surface area contributed by atoms with E-state index in [0.29, 0.717) is 41.4 Å². The van der Waals surface area contributed by atoms with Gasteiger partial charge in [0.1, 0.15) is 6.10 Å². The predicted molar refractivity (Wildman–Crippen MR) is 180 cm³/mol. The molecule has 4 aliphatic heterocycles. The van der Waals surface area contributed by atoms with Crippen molar-refractivity contribution in [2.75, 3.05) is 0 Å². The Bertz CT molecular complexity index is 893. The first kappa shape index (κ1) is 37.5. The van der Waals surface area contributed by atoms with Gasteiger partial charge in [-0.05, 0) is 62.2 Å². The van der Waals surface area contributed by atoms with E-state index in [0.717, 1.165) is 25.7 Å². The van der Waals surface area contributed by atoms with Gasteiger partial charge in [0.05, 0.1) is 42.5 Å². The maximum Gasteiger partial charge on any atom is 0.268 e. The molecule has 264 valence electrons. The molecule has 0 aliphatic carbocycles. The lowest BCUT2D eigenvalue weighted by atomic mass is 9.78. The monoisotopic (exact) mass is 640 g/mol. The van der Waals surface area contributed by atoms with Crippen LogP contribution in [0.5, 0.6) is 0 Å². The summed E-state index contributed by atoms with van der Waals surface area (Å²) in [6.07, 6.45) is 3.70. The van der Waals surface area contributed by atoms with E-state index in [1.165, 1.54) is 0 Å². The van der Waals surface area contributed by atoms with E-state index in [4.69, 9.17) is 33.2 Å². The smallest absolute Gasteiger partial charge is 0.268 e. The van der Waals surface area contributed by atoms with Gasteiger partial charge in [0.2, 0.25) is 0 Å². The molecule has 4 aliphatic rings. The molecule has 0 aromatic heterocycles. The number of hydrogen-bond acceptors (Lipinski definition) is 6. The van der Waals surface area contributed by atoms with Crippen LogP contribution in [0.2, 0.25) is 0 Å². The molecule has 0 spiro atoms. The van der Waals surface area contributed by atoms with Crippen molar-refractivity contribution in [1.29, 1.82) is 0 Å². The van der Waals surface area contributed by atoms with Crippen LogP contribution in [0, 0.1) is 53.3 Å². The maximum atomic E-state index is 6.89. The molecule has 8 unspecified atom stereocenters. The van der Waals surface area contributed by atoms with Crippen LogP contribution in [0.4, 0.5) is 0 Å². The van der Waals surface area contributed by atoms with Crippen LogP contribution in [0.15, 0.2) is 0 Å². The Labute approximate surface area is 276 Å². The lowest BCUT2D eigenvalue weighted by molar-refractivity contribution is -0.399. The van der Waals surface area contributed by atoms with E-state index in [-0.39, 0.29) is 79.5 Å². The zero-order valence-corrected chi connectivity index (χ0v) is 31.3. The molecule has 7 heteroatoms. The summed E-state index contributed by atoms with van der Waals surface area (Å²) in [6.45, 7) is 31.8. The van der Waals surface area contributed by atoms with Gasteiger partial charge in [-0.25, -0.2) is 0 Å². The molecule has 0 saturated carbocycles. The summed E-state index contributed by atoms with van der Waals surface area (Å²) in [5, 5.41) is 0. The highest BCUT2D eigenvalue weighted by atomic mass is 16.7. The molecule has 0 aromatic carbocycles. The molecule has 0 amide bonds. The van der Waals surface area contributed by atoms with Crippen LogP contribution in [-0.2, 0) is 28.4 Å². The zero-order valence-electron chi connectivity index (χ0n) is 31.3. The van der Waals surface area contributed by atoms with Crippen molar-refractivity contribution in [3.63, 3.8) is 0 Å². The second kappa shape index (κ2) is 16.0. The fourth-order valence-electron chi connectivity index (χ4n) is 8.66. The topological polar surface area (TPSA) is 68.2 Å². The first-order valence-electron chi connectivity index (χ1n) is 18.9. The van der Waals surface area contributed by atoms with Gasteiger partial charge in [-0.15, -0.1) is 0 Å². The Morgan fingerprint density at radius 1 is 0.422 bits per heavy atom. The molecule has 0 radical (unpaired) electrons. The van der Waals surface area contributed by atoms with Crippen LogP contribution in [0.3, 0.4) is 0 Å². The third-order valence-corrected chi connectivity index (χ3v) is 13.3. The highest BCUT2D eigenvalue weighted by Gasteiger charge is 2.53. The van der Waals surface area contributed by atoms with E-state index in [2.05, 4.69) is 96.9 Å². The quantitative estimate of drug-likeness (QED) is 0.226. The molecule has 45 heavy (non-hydrogen) atoms. The Kier molecular flexibility index (Phi) is 13.3. The van der Waals surface area contributed by atoms with E-state index in [9.17, 15) is 0 Å². The van der Waals surface area contributed by atoms with Crippen molar-refractivity contribution in [3.05, 3.63) is 0 Å². The van der Waals surface area contributed by atoms with Gasteiger partial charge in [0, 0.05) is 17.8 Å². The van der Waals surface area contributed by atoms with Crippen molar-refractivity contribution in [2.24, 2.45) is 53.3 Å². The summed E-state index contributed by atoms with van der Waals surface area (Å²) in [4.78, 5) is 0. The average Bonchev–Trinajstić information content (AvgIpc) is 3.03. The molecule has 0 aromatic rings. The Morgan fingerprint density at radius 2 is 0.889 bits per heavy atom. The van der Waals surface area contributed by atoms with E-state index in [1.807, 2.05) is 0 Å². The van der Waals surface area contributed by atoms with Crippen molar-refractivity contribution in [3.8, 4) is 0 Å². The second-order valence-electron chi connectivity index (χ2n) is 15.7. The first-order valence-corrected chi connectivity index (χ1v) is 18.9. The minimum absolute atomic E-state index is 0.0106. The summed E-state index contributed by atoms with van der Waals surface area (Å²) in [5.74, 6) is 3.30. The number of ether oxygens (including phenoxy) is 7. The lowest BCUT2D eigenvalue weighted by Crippen LogP contribution is -2.60. The van der Waals surface area contributed by atoms with Crippen molar-refractivity contribution >= 4 is 0 Å². The summed E-state index contributed by atoms with van der Waals surface area (Å²) in [5.41, 5.74) is 0. The van der Waals surface area contributed by atoms with Gasteiger partial charge in [-0.1, -0.05) is 90.0 Å². The molecule has 0 bridgehead atoms. The molecular weight excluding hydrogens is 568 g/mol. The normalized spacial score (nSPS) is 52.9. The fraction of sp³-hybridized carbons (Fsp3) is 1.00. The molecule has 4 heterocycles. The zero-order chi connectivity index (χ0) is 33.3. The molecule has 4 saturated heterocycles. The van der Waals surface area contributed by atoms with Crippen molar-refractivity contribution in [2.45, 2.75) is 190 Å². The molecule has 4 fully saturated rings. The summed E-state index contributed by atoms with van der Waals surface area (Å²) in [7, 11) is 0. The number of hydrogen-bond donors (Lipinski definition) is 0. The number of rotatable bonds is 10. The van der Waals surface area contributed by atoms with E-state index in [1.54, 1.807) is 0 Å². The highest BCUT2D eigenvalue weighted by Crippen LogP contribution is 2.43. The van der Waals surface area contributed by atoms with Crippen LogP contribution < -0.4 is 0 Å².